The van der Waals surface area contributed by atoms with Crippen LogP contribution in [-0.4, -0.2) is 33.7 Å². The fraction of sp³-hybridized carbons (Fsp3) is 0.222. The van der Waals surface area contributed by atoms with E-state index >= 15 is 0 Å². The highest BCUT2D eigenvalue weighted by atomic mass is 16.2. The molecule has 1 fully saturated rings. The number of nitriles is 1. The van der Waals surface area contributed by atoms with Gasteiger partial charge in [0.2, 0.25) is 0 Å². The van der Waals surface area contributed by atoms with Gasteiger partial charge in [0.15, 0.2) is 0 Å². The Morgan fingerprint density at radius 3 is 2.36 bits per heavy atom. The molecule has 0 radical (unpaired) electrons. The van der Waals surface area contributed by atoms with Gasteiger partial charge in [-0.15, -0.1) is 0 Å². The quantitative estimate of drug-likeness (QED) is 0.526. The molecule has 164 valence electrons. The van der Waals surface area contributed by atoms with E-state index in [0.29, 0.717) is 30.8 Å². The molecule has 1 saturated heterocycles. The van der Waals surface area contributed by atoms with Crippen LogP contribution in [-0.2, 0) is 13.6 Å². The van der Waals surface area contributed by atoms with Gasteiger partial charge in [0, 0.05) is 49.5 Å². The van der Waals surface area contributed by atoms with Gasteiger partial charge in [0.05, 0.1) is 23.3 Å². The highest BCUT2D eigenvalue weighted by Gasteiger charge is 2.37. The molecule has 1 aliphatic heterocycles. The van der Waals surface area contributed by atoms with Gasteiger partial charge < -0.3 is 10.6 Å². The summed E-state index contributed by atoms with van der Waals surface area (Å²) >= 11 is 0. The Bertz CT molecular complexity index is 1350. The smallest absolute Gasteiger partial charge is 0.253 e. The van der Waals surface area contributed by atoms with Crippen LogP contribution in [0.2, 0.25) is 0 Å². The first kappa shape index (κ1) is 20.9. The Kier molecular flexibility index (Phi) is 5.41. The van der Waals surface area contributed by atoms with Crippen LogP contribution in [0.1, 0.15) is 44.4 Å². The van der Waals surface area contributed by atoms with Crippen molar-refractivity contribution in [2.75, 3.05) is 13.1 Å². The third-order valence-electron chi connectivity index (χ3n) is 6.71. The van der Waals surface area contributed by atoms with Gasteiger partial charge in [-0.25, -0.2) is 0 Å². The molecule has 4 aromatic rings. The zero-order valence-electron chi connectivity index (χ0n) is 18.5. The predicted molar refractivity (Wildman–Crippen MR) is 128 cm³/mol. The molecule has 33 heavy (non-hydrogen) atoms. The van der Waals surface area contributed by atoms with Crippen LogP contribution in [0.3, 0.4) is 0 Å². The maximum atomic E-state index is 13.4. The minimum atomic E-state index is 0.0298. The van der Waals surface area contributed by atoms with Gasteiger partial charge in [-0.3, -0.25) is 9.48 Å². The number of aromatic nitrogens is 2. The van der Waals surface area contributed by atoms with Gasteiger partial charge in [0.1, 0.15) is 0 Å². The number of carbonyl (C=O) groups excluding carboxylic acids is 1. The van der Waals surface area contributed by atoms with Crippen LogP contribution in [0.25, 0.3) is 10.9 Å². The zero-order chi connectivity index (χ0) is 22.9. The molecular formula is C27H25N5O. The third kappa shape index (κ3) is 3.88. The van der Waals surface area contributed by atoms with Crippen LogP contribution in [0.15, 0.2) is 72.9 Å². The largest absolute Gasteiger partial charge is 0.337 e. The SMILES string of the molecule is Cn1ncc2cc([C@@H]3CN(C(=O)c4ccc(CN)cc4)C[C@H]3c3ccc(C#N)cc3)ccc21. The second-order valence-electron chi connectivity index (χ2n) is 8.64. The van der Waals surface area contributed by atoms with Gasteiger partial charge >= 0.3 is 0 Å². The van der Waals surface area contributed by atoms with Crippen LogP contribution < -0.4 is 5.73 Å². The summed E-state index contributed by atoms with van der Waals surface area (Å²) in [4.78, 5) is 15.3. The average Bonchev–Trinajstić information content (AvgIpc) is 3.47. The van der Waals surface area contributed by atoms with Crippen molar-refractivity contribution in [2.45, 2.75) is 18.4 Å². The maximum absolute atomic E-state index is 13.4. The lowest BCUT2D eigenvalue weighted by Gasteiger charge is -2.19. The summed E-state index contributed by atoms with van der Waals surface area (Å²) in [6, 6.07) is 23.9. The lowest BCUT2D eigenvalue weighted by atomic mass is 9.83. The normalized spacial score (nSPS) is 17.9. The summed E-state index contributed by atoms with van der Waals surface area (Å²) in [5.41, 5.74) is 11.4. The van der Waals surface area contributed by atoms with E-state index < -0.39 is 0 Å². The van der Waals surface area contributed by atoms with E-state index in [1.807, 2.05) is 71.4 Å². The number of rotatable bonds is 4. The molecule has 5 rings (SSSR count). The molecule has 0 saturated carbocycles. The van der Waals surface area contributed by atoms with Crippen LogP contribution in [0.5, 0.6) is 0 Å². The average molecular weight is 436 g/mol. The van der Waals surface area contributed by atoms with Crippen molar-refractivity contribution in [1.29, 1.82) is 5.26 Å². The second kappa shape index (κ2) is 8.53. The molecule has 0 unspecified atom stereocenters. The minimum Gasteiger partial charge on any atom is -0.337 e. The highest BCUT2D eigenvalue weighted by molar-refractivity contribution is 5.94. The summed E-state index contributed by atoms with van der Waals surface area (Å²) in [6.07, 6.45) is 1.88. The molecule has 3 aromatic carbocycles. The zero-order valence-corrected chi connectivity index (χ0v) is 18.5. The van der Waals surface area contributed by atoms with E-state index in [-0.39, 0.29) is 17.7 Å². The first-order chi connectivity index (χ1) is 16.1. The fourth-order valence-electron chi connectivity index (χ4n) is 4.83. The maximum Gasteiger partial charge on any atom is 0.253 e. The standard InChI is InChI=1S/C27H25N5O/c1-31-26-11-10-22(12-23(26)15-30-31)25-17-32(27(33)21-8-4-19(14-29)5-9-21)16-24(25)20-6-2-18(13-28)3-7-20/h2-12,15,24-25H,14,16-17,29H2,1H3/t24-,25-/m0/s1. The van der Waals surface area contributed by atoms with Crippen molar-refractivity contribution < 1.29 is 4.79 Å². The molecule has 2 atom stereocenters. The number of likely N-dealkylation sites (tertiary alicyclic amines) is 1. The topological polar surface area (TPSA) is 87.9 Å². The monoisotopic (exact) mass is 435 g/mol. The lowest BCUT2D eigenvalue weighted by molar-refractivity contribution is 0.0789. The summed E-state index contributed by atoms with van der Waals surface area (Å²) in [7, 11) is 1.94. The van der Waals surface area contributed by atoms with Gasteiger partial charge in [-0.2, -0.15) is 10.4 Å². The van der Waals surface area contributed by atoms with E-state index in [0.717, 1.165) is 22.0 Å². The molecule has 1 amide bonds. The molecule has 0 aliphatic carbocycles. The van der Waals surface area contributed by atoms with Crippen molar-refractivity contribution in [3.8, 4) is 6.07 Å². The predicted octanol–water partition coefficient (Wildman–Crippen LogP) is 3.93. The first-order valence-corrected chi connectivity index (χ1v) is 11.1. The summed E-state index contributed by atoms with van der Waals surface area (Å²) in [6.45, 7) is 1.71. The number of fused-ring (bicyclic) bond motifs is 1. The van der Waals surface area contributed by atoms with Crippen molar-refractivity contribution >= 4 is 16.8 Å². The Balaban J connectivity index is 1.50. The van der Waals surface area contributed by atoms with E-state index in [4.69, 9.17) is 5.73 Å². The number of nitrogens with two attached hydrogens (primary N) is 1. The van der Waals surface area contributed by atoms with E-state index in [1.54, 1.807) is 0 Å². The molecular weight excluding hydrogens is 410 g/mol. The fourth-order valence-corrected chi connectivity index (χ4v) is 4.83. The van der Waals surface area contributed by atoms with Gasteiger partial charge in [-0.05, 0) is 53.1 Å². The van der Waals surface area contributed by atoms with Crippen molar-refractivity contribution in [1.82, 2.24) is 14.7 Å². The van der Waals surface area contributed by atoms with Gasteiger partial charge in [0.25, 0.3) is 5.91 Å². The van der Waals surface area contributed by atoms with E-state index in [1.165, 1.54) is 5.56 Å². The van der Waals surface area contributed by atoms with Crippen molar-refractivity contribution in [2.24, 2.45) is 12.8 Å². The third-order valence-corrected chi connectivity index (χ3v) is 6.71. The molecule has 6 heteroatoms. The molecule has 1 aliphatic rings. The minimum absolute atomic E-state index is 0.0298. The van der Waals surface area contributed by atoms with Crippen LogP contribution in [0, 0.1) is 11.3 Å². The Labute approximate surface area is 192 Å². The first-order valence-electron chi connectivity index (χ1n) is 11.1. The summed E-state index contributed by atoms with van der Waals surface area (Å²) < 4.78 is 1.87. The van der Waals surface area contributed by atoms with Crippen LogP contribution >= 0.6 is 0 Å². The van der Waals surface area contributed by atoms with Gasteiger partial charge in [-0.1, -0.05) is 30.3 Å². The van der Waals surface area contributed by atoms with E-state index in [2.05, 4.69) is 29.4 Å². The molecule has 2 N–H and O–H groups in total. The molecule has 0 bridgehead atoms. The van der Waals surface area contributed by atoms with Crippen LogP contribution in [0.4, 0.5) is 0 Å². The number of benzene rings is 3. The highest BCUT2D eigenvalue weighted by Crippen LogP contribution is 2.41. The molecule has 2 heterocycles. The Hall–Kier alpha value is -3.95. The molecule has 0 spiro atoms. The van der Waals surface area contributed by atoms with E-state index in [9.17, 15) is 10.1 Å². The lowest BCUT2D eigenvalue weighted by Crippen LogP contribution is -2.28. The number of amides is 1. The Morgan fingerprint density at radius 1 is 1.03 bits per heavy atom. The summed E-state index contributed by atoms with van der Waals surface area (Å²) in [5.74, 6) is 0.316. The molecule has 6 nitrogen and oxygen atoms in total. The molecule has 1 aromatic heterocycles. The van der Waals surface area contributed by atoms with Crippen molar-refractivity contribution in [3.05, 3.63) is 101 Å². The van der Waals surface area contributed by atoms with Crippen molar-refractivity contribution in [3.63, 3.8) is 0 Å². The number of carbonyl (C=O) groups is 1. The number of hydrogen-bond acceptors (Lipinski definition) is 4. The number of aryl methyl sites for hydroxylation is 1. The number of hydrogen-bond donors (Lipinski definition) is 1. The second-order valence-corrected chi connectivity index (χ2v) is 8.64. The number of nitrogens with zero attached hydrogens (tertiary/aromatic N) is 4. The Morgan fingerprint density at radius 2 is 1.70 bits per heavy atom. The summed E-state index contributed by atoms with van der Waals surface area (Å²) in [5, 5.41) is 14.6.